The Labute approximate surface area is 123 Å². The number of carbonyl (C=O) groups excluding carboxylic acids is 1. The second-order valence-corrected chi connectivity index (χ2v) is 4.86. The minimum Gasteiger partial charge on any atom is -0.394 e. The van der Waals surface area contributed by atoms with Crippen molar-refractivity contribution < 1.29 is 14.8 Å². The van der Waals surface area contributed by atoms with Gasteiger partial charge in [-0.3, -0.25) is 14.9 Å². The number of aliphatic hydroxyl groups is 1. The second kappa shape index (κ2) is 7.58. The highest BCUT2D eigenvalue weighted by Gasteiger charge is 2.21. The summed E-state index contributed by atoms with van der Waals surface area (Å²) in [5.41, 5.74) is 0.502. The molecule has 1 unspecified atom stereocenters. The molecule has 21 heavy (non-hydrogen) atoms. The molecule has 0 bridgehead atoms. The third kappa shape index (κ3) is 4.16. The summed E-state index contributed by atoms with van der Waals surface area (Å²) in [5.74, 6) is -0.360. The summed E-state index contributed by atoms with van der Waals surface area (Å²) in [6.45, 7) is 4.11. The Morgan fingerprint density at radius 1 is 1.52 bits per heavy atom. The van der Waals surface area contributed by atoms with Crippen LogP contribution in [0.3, 0.4) is 0 Å². The monoisotopic (exact) mass is 295 g/mol. The number of amides is 1. The lowest BCUT2D eigenvalue weighted by atomic mass is 10.1. The lowest BCUT2D eigenvalue weighted by Gasteiger charge is -2.23. The molecule has 7 nitrogen and oxygen atoms in total. The van der Waals surface area contributed by atoms with Gasteiger partial charge in [0, 0.05) is 25.2 Å². The summed E-state index contributed by atoms with van der Waals surface area (Å²) in [4.78, 5) is 24.2. The van der Waals surface area contributed by atoms with E-state index in [-0.39, 0.29) is 29.8 Å². The molecule has 1 aromatic rings. The molecular weight excluding hydrogens is 274 g/mol. The molecule has 7 heteroatoms. The average Bonchev–Trinajstić information content (AvgIpc) is 2.50. The SMILES string of the molecule is CCCNc1ccc(C(=O)N(C)C(C)CO)cc1[N+](=O)[O-]. The van der Waals surface area contributed by atoms with Crippen LogP contribution in [0.15, 0.2) is 18.2 Å². The topological polar surface area (TPSA) is 95.7 Å². The molecule has 0 aliphatic carbocycles. The van der Waals surface area contributed by atoms with E-state index in [0.29, 0.717) is 12.2 Å². The summed E-state index contributed by atoms with van der Waals surface area (Å²) in [6.07, 6.45) is 0.842. The Morgan fingerprint density at radius 3 is 2.71 bits per heavy atom. The quantitative estimate of drug-likeness (QED) is 0.591. The zero-order chi connectivity index (χ0) is 16.0. The normalized spacial score (nSPS) is 11.8. The van der Waals surface area contributed by atoms with E-state index in [9.17, 15) is 14.9 Å². The summed E-state index contributed by atoms with van der Waals surface area (Å²) in [6, 6.07) is 4.00. The van der Waals surface area contributed by atoms with E-state index in [1.165, 1.54) is 11.0 Å². The fourth-order valence-electron chi connectivity index (χ4n) is 1.75. The Kier molecular flexibility index (Phi) is 6.10. The molecule has 0 heterocycles. The molecule has 0 aromatic heterocycles. The van der Waals surface area contributed by atoms with Gasteiger partial charge in [-0.2, -0.15) is 0 Å². The van der Waals surface area contributed by atoms with Crippen molar-refractivity contribution in [1.82, 2.24) is 4.90 Å². The number of nitrogens with one attached hydrogen (secondary N) is 1. The lowest BCUT2D eigenvalue weighted by molar-refractivity contribution is -0.384. The van der Waals surface area contributed by atoms with Crippen LogP contribution in [0.5, 0.6) is 0 Å². The summed E-state index contributed by atoms with van der Waals surface area (Å²) >= 11 is 0. The number of benzene rings is 1. The van der Waals surface area contributed by atoms with Crippen molar-refractivity contribution in [3.05, 3.63) is 33.9 Å². The molecule has 0 aliphatic heterocycles. The predicted octanol–water partition coefficient (Wildman–Crippen LogP) is 1.87. The first-order valence-electron chi connectivity index (χ1n) is 6.82. The number of nitro benzene ring substituents is 1. The molecule has 0 radical (unpaired) electrons. The number of hydrogen-bond acceptors (Lipinski definition) is 5. The first-order chi connectivity index (χ1) is 9.92. The molecule has 1 atom stereocenters. The number of aliphatic hydroxyl groups excluding tert-OH is 1. The molecule has 1 aromatic carbocycles. The molecule has 1 rings (SSSR count). The summed E-state index contributed by atoms with van der Waals surface area (Å²) in [5, 5.41) is 23.2. The van der Waals surface area contributed by atoms with Gasteiger partial charge in [-0.25, -0.2) is 0 Å². The minimum absolute atomic E-state index is 0.126. The number of anilines is 1. The van der Waals surface area contributed by atoms with Gasteiger partial charge in [-0.1, -0.05) is 6.92 Å². The number of nitrogens with zero attached hydrogens (tertiary/aromatic N) is 2. The maximum atomic E-state index is 12.2. The van der Waals surface area contributed by atoms with Gasteiger partial charge in [0.2, 0.25) is 0 Å². The van der Waals surface area contributed by atoms with Gasteiger partial charge >= 0.3 is 0 Å². The van der Waals surface area contributed by atoms with Gasteiger partial charge in [-0.05, 0) is 25.5 Å². The highest BCUT2D eigenvalue weighted by molar-refractivity contribution is 5.95. The maximum absolute atomic E-state index is 12.2. The van der Waals surface area contributed by atoms with Crippen LogP contribution in [0.1, 0.15) is 30.6 Å². The molecule has 0 saturated heterocycles. The van der Waals surface area contributed by atoms with Gasteiger partial charge in [0.25, 0.3) is 11.6 Å². The Hall–Kier alpha value is -2.15. The number of hydrogen-bond donors (Lipinski definition) is 2. The van der Waals surface area contributed by atoms with E-state index in [1.807, 2.05) is 6.92 Å². The first-order valence-corrected chi connectivity index (χ1v) is 6.82. The van der Waals surface area contributed by atoms with Gasteiger partial charge in [-0.15, -0.1) is 0 Å². The van der Waals surface area contributed by atoms with Crippen molar-refractivity contribution >= 4 is 17.3 Å². The first kappa shape index (κ1) is 16.9. The number of likely N-dealkylation sites (N-methyl/N-ethyl adjacent to an activating group) is 1. The molecule has 0 aliphatic rings. The van der Waals surface area contributed by atoms with Crippen molar-refractivity contribution in [2.45, 2.75) is 26.3 Å². The second-order valence-electron chi connectivity index (χ2n) is 4.86. The largest absolute Gasteiger partial charge is 0.394 e. The van der Waals surface area contributed by atoms with Crippen LogP contribution in [-0.2, 0) is 0 Å². The number of rotatable bonds is 7. The van der Waals surface area contributed by atoms with Crippen molar-refractivity contribution in [2.24, 2.45) is 0 Å². The van der Waals surface area contributed by atoms with Crippen LogP contribution in [-0.4, -0.2) is 47.1 Å². The standard InChI is InChI=1S/C14H21N3O4/c1-4-7-15-12-6-5-11(8-13(12)17(20)21)14(19)16(3)10(2)9-18/h5-6,8,10,15,18H,4,7,9H2,1-3H3. The maximum Gasteiger partial charge on any atom is 0.293 e. The summed E-state index contributed by atoms with van der Waals surface area (Å²) in [7, 11) is 1.55. The molecular formula is C14H21N3O4. The lowest BCUT2D eigenvalue weighted by Crippen LogP contribution is -2.37. The zero-order valence-corrected chi connectivity index (χ0v) is 12.5. The molecule has 1 amide bonds. The molecule has 0 fully saturated rings. The van der Waals surface area contributed by atoms with Gasteiger partial charge in [0.1, 0.15) is 5.69 Å². The third-order valence-electron chi connectivity index (χ3n) is 3.25. The van der Waals surface area contributed by atoms with Crippen molar-refractivity contribution in [3.63, 3.8) is 0 Å². The van der Waals surface area contributed by atoms with Crippen LogP contribution in [0, 0.1) is 10.1 Å². The Bertz CT molecular complexity index is 519. The van der Waals surface area contributed by atoms with Crippen molar-refractivity contribution in [3.8, 4) is 0 Å². The van der Waals surface area contributed by atoms with Crippen LogP contribution < -0.4 is 5.32 Å². The number of nitro groups is 1. The van der Waals surface area contributed by atoms with E-state index in [2.05, 4.69) is 5.32 Å². The van der Waals surface area contributed by atoms with Crippen molar-refractivity contribution in [1.29, 1.82) is 0 Å². The Balaban J connectivity index is 3.07. The predicted molar refractivity (Wildman–Crippen MR) is 80.5 cm³/mol. The van der Waals surface area contributed by atoms with Gasteiger partial charge in [0.05, 0.1) is 17.6 Å². The van der Waals surface area contributed by atoms with Crippen LogP contribution in [0.4, 0.5) is 11.4 Å². The number of carbonyl (C=O) groups is 1. The highest BCUT2D eigenvalue weighted by atomic mass is 16.6. The molecule has 0 saturated carbocycles. The van der Waals surface area contributed by atoms with Crippen molar-refractivity contribution in [2.75, 3.05) is 25.5 Å². The van der Waals surface area contributed by atoms with E-state index < -0.39 is 4.92 Å². The summed E-state index contributed by atoms with van der Waals surface area (Å²) < 4.78 is 0. The molecule has 116 valence electrons. The van der Waals surface area contributed by atoms with E-state index in [1.54, 1.807) is 26.1 Å². The van der Waals surface area contributed by atoms with E-state index in [0.717, 1.165) is 6.42 Å². The third-order valence-corrected chi connectivity index (χ3v) is 3.25. The highest BCUT2D eigenvalue weighted by Crippen LogP contribution is 2.26. The van der Waals surface area contributed by atoms with Crippen LogP contribution in [0.25, 0.3) is 0 Å². The van der Waals surface area contributed by atoms with Gasteiger partial charge < -0.3 is 15.3 Å². The fourth-order valence-corrected chi connectivity index (χ4v) is 1.75. The smallest absolute Gasteiger partial charge is 0.293 e. The van der Waals surface area contributed by atoms with E-state index >= 15 is 0 Å². The van der Waals surface area contributed by atoms with Gasteiger partial charge in [0.15, 0.2) is 0 Å². The zero-order valence-electron chi connectivity index (χ0n) is 12.5. The van der Waals surface area contributed by atoms with Crippen LogP contribution >= 0.6 is 0 Å². The molecule has 2 N–H and O–H groups in total. The van der Waals surface area contributed by atoms with E-state index in [4.69, 9.17) is 5.11 Å². The minimum atomic E-state index is -0.510. The average molecular weight is 295 g/mol. The Morgan fingerprint density at radius 2 is 2.19 bits per heavy atom. The van der Waals surface area contributed by atoms with Crippen LogP contribution in [0.2, 0.25) is 0 Å². The fraction of sp³-hybridized carbons (Fsp3) is 0.500. The molecule has 0 spiro atoms.